The number of amides is 1. The van der Waals surface area contributed by atoms with Gasteiger partial charge in [-0.15, -0.1) is 6.58 Å². The summed E-state index contributed by atoms with van der Waals surface area (Å²) in [5.74, 6) is 0.695. The lowest BCUT2D eigenvalue weighted by atomic mass is 10.1. The van der Waals surface area contributed by atoms with Crippen LogP contribution in [0.3, 0.4) is 0 Å². The number of likely N-dealkylation sites (tertiary alicyclic amines) is 1. The Morgan fingerprint density at radius 3 is 3.21 bits per heavy atom. The van der Waals surface area contributed by atoms with Crippen LogP contribution < -0.4 is 4.74 Å². The van der Waals surface area contributed by atoms with Crippen molar-refractivity contribution in [1.82, 2.24) is 14.9 Å². The van der Waals surface area contributed by atoms with Crippen molar-refractivity contribution in [3.8, 4) is 5.88 Å². The number of piperidine rings is 1. The van der Waals surface area contributed by atoms with Gasteiger partial charge in [0.2, 0.25) is 11.8 Å². The second-order valence-corrected chi connectivity index (χ2v) is 4.59. The third-order valence-corrected chi connectivity index (χ3v) is 3.12. The third-order valence-electron chi connectivity index (χ3n) is 3.12. The highest BCUT2D eigenvalue weighted by atomic mass is 16.5. The van der Waals surface area contributed by atoms with E-state index >= 15 is 0 Å². The molecule has 1 aromatic rings. The molecule has 0 bridgehead atoms. The van der Waals surface area contributed by atoms with Gasteiger partial charge in [-0.1, -0.05) is 6.08 Å². The third kappa shape index (κ3) is 4.05. The first-order valence-corrected chi connectivity index (χ1v) is 6.61. The fourth-order valence-corrected chi connectivity index (χ4v) is 2.16. The Morgan fingerprint density at radius 1 is 1.58 bits per heavy atom. The van der Waals surface area contributed by atoms with Gasteiger partial charge in [-0.3, -0.25) is 9.78 Å². The number of nitrogens with zero attached hydrogens (tertiary/aromatic N) is 3. The molecule has 1 atom stereocenters. The molecule has 1 aliphatic heterocycles. The van der Waals surface area contributed by atoms with Gasteiger partial charge in [-0.25, -0.2) is 4.98 Å². The number of allylic oxidation sites excluding steroid dienone is 1. The Bertz CT molecular complexity index is 422. The van der Waals surface area contributed by atoms with E-state index in [9.17, 15) is 4.79 Å². The van der Waals surface area contributed by atoms with E-state index in [-0.39, 0.29) is 12.0 Å². The van der Waals surface area contributed by atoms with Crippen LogP contribution in [0.4, 0.5) is 0 Å². The molecule has 1 unspecified atom stereocenters. The molecule has 1 aromatic heterocycles. The van der Waals surface area contributed by atoms with E-state index < -0.39 is 0 Å². The molecule has 1 fully saturated rings. The second kappa shape index (κ2) is 6.87. The van der Waals surface area contributed by atoms with Gasteiger partial charge in [0, 0.05) is 25.4 Å². The molecule has 5 heteroatoms. The van der Waals surface area contributed by atoms with Crippen molar-refractivity contribution in [2.24, 2.45) is 0 Å². The molecule has 0 aliphatic carbocycles. The van der Waals surface area contributed by atoms with Gasteiger partial charge in [-0.05, 0) is 19.3 Å². The normalized spacial score (nSPS) is 18.9. The summed E-state index contributed by atoms with van der Waals surface area (Å²) in [6.07, 6.45) is 9.76. The first-order valence-electron chi connectivity index (χ1n) is 6.61. The number of carbonyl (C=O) groups is 1. The average molecular weight is 261 g/mol. The molecular weight excluding hydrogens is 242 g/mol. The number of aromatic nitrogens is 2. The predicted molar refractivity (Wildman–Crippen MR) is 71.7 cm³/mol. The highest BCUT2D eigenvalue weighted by Gasteiger charge is 2.24. The summed E-state index contributed by atoms with van der Waals surface area (Å²) < 4.78 is 5.75. The summed E-state index contributed by atoms with van der Waals surface area (Å²) in [4.78, 5) is 21.9. The SMILES string of the molecule is C=CCCC(=O)N1CCCC(Oc2cnccn2)C1. The van der Waals surface area contributed by atoms with E-state index in [2.05, 4.69) is 16.5 Å². The fourth-order valence-electron chi connectivity index (χ4n) is 2.16. The summed E-state index contributed by atoms with van der Waals surface area (Å²) in [6.45, 7) is 5.09. The zero-order valence-electron chi connectivity index (χ0n) is 11.0. The van der Waals surface area contributed by atoms with Crippen LogP contribution in [0.2, 0.25) is 0 Å². The Kier molecular flexibility index (Phi) is 4.89. The van der Waals surface area contributed by atoms with Crippen LogP contribution in [0, 0.1) is 0 Å². The lowest BCUT2D eigenvalue weighted by Gasteiger charge is -2.32. The van der Waals surface area contributed by atoms with Gasteiger partial charge in [0.1, 0.15) is 6.10 Å². The van der Waals surface area contributed by atoms with Gasteiger partial charge < -0.3 is 9.64 Å². The average Bonchev–Trinajstić information content (AvgIpc) is 2.46. The summed E-state index contributed by atoms with van der Waals surface area (Å²) in [7, 11) is 0. The minimum absolute atomic E-state index is 0.0122. The molecule has 1 amide bonds. The van der Waals surface area contributed by atoms with E-state index in [1.807, 2.05) is 4.90 Å². The number of hydrogen-bond donors (Lipinski definition) is 0. The molecule has 0 aromatic carbocycles. The quantitative estimate of drug-likeness (QED) is 0.759. The molecule has 1 aliphatic rings. The Balaban J connectivity index is 1.86. The molecule has 102 valence electrons. The van der Waals surface area contributed by atoms with E-state index in [1.165, 1.54) is 0 Å². The molecule has 2 heterocycles. The van der Waals surface area contributed by atoms with Crippen LogP contribution >= 0.6 is 0 Å². The van der Waals surface area contributed by atoms with Crippen LogP contribution in [0.15, 0.2) is 31.2 Å². The van der Waals surface area contributed by atoms with E-state index in [4.69, 9.17) is 4.74 Å². The number of carbonyl (C=O) groups excluding carboxylic acids is 1. The summed E-state index contributed by atoms with van der Waals surface area (Å²) in [5, 5.41) is 0. The van der Waals surface area contributed by atoms with Crippen molar-refractivity contribution in [3.63, 3.8) is 0 Å². The maximum Gasteiger partial charge on any atom is 0.232 e. The molecule has 19 heavy (non-hydrogen) atoms. The number of rotatable bonds is 5. The minimum Gasteiger partial charge on any atom is -0.471 e. The predicted octanol–water partition coefficient (Wildman–Crippen LogP) is 1.81. The van der Waals surface area contributed by atoms with Crippen LogP contribution in [0.5, 0.6) is 5.88 Å². The van der Waals surface area contributed by atoms with E-state index in [1.54, 1.807) is 24.7 Å². The van der Waals surface area contributed by atoms with Crippen molar-refractivity contribution in [1.29, 1.82) is 0 Å². The van der Waals surface area contributed by atoms with Gasteiger partial charge >= 0.3 is 0 Å². The largest absolute Gasteiger partial charge is 0.471 e. The van der Waals surface area contributed by atoms with Crippen molar-refractivity contribution in [3.05, 3.63) is 31.2 Å². The monoisotopic (exact) mass is 261 g/mol. The fraction of sp³-hybridized carbons (Fsp3) is 0.500. The lowest BCUT2D eigenvalue weighted by molar-refractivity contribution is -0.133. The molecule has 0 N–H and O–H groups in total. The molecule has 2 rings (SSSR count). The zero-order valence-corrected chi connectivity index (χ0v) is 11.0. The topological polar surface area (TPSA) is 55.3 Å². The zero-order chi connectivity index (χ0) is 13.5. The summed E-state index contributed by atoms with van der Waals surface area (Å²) in [6, 6.07) is 0. The van der Waals surface area contributed by atoms with Crippen LogP contribution in [-0.4, -0.2) is 40.0 Å². The molecule has 1 saturated heterocycles. The van der Waals surface area contributed by atoms with Crippen LogP contribution in [0.1, 0.15) is 25.7 Å². The van der Waals surface area contributed by atoms with Crippen LogP contribution in [0.25, 0.3) is 0 Å². The number of hydrogen-bond acceptors (Lipinski definition) is 4. The number of ether oxygens (including phenoxy) is 1. The second-order valence-electron chi connectivity index (χ2n) is 4.59. The maximum atomic E-state index is 11.9. The Hall–Kier alpha value is -1.91. The van der Waals surface area contributed by atoms with Gasteiger partial charge in [-0.2, -0.15) is 0 Å². The smallest absolute Gasteiger partial charge is 0.232 e. The molecule has 0 radical (unpaired) electrons. The highest BCUT2D eigenvalue weighted by molar-refractivity contribution is 5.76. The first kappa shape index (κ1) is 13.5. The van der Waals surface area contributed by atoms with Crippen molar-refractivity contribution >= 4 is 5.91 Å². The summed E-state index contributed by atoms with van der Waals surface area (Å²) in [5.41, 5.74) is 0. The van der Waals surface area contributed by atoms with Gasteiger partial charge in [0.25, 0.3) is 0 Å². The lowest BCUT2D eigenvalue weighted by Crippen LogP contribution is -2.44. The molecule has 0 saturated carbocycles. The highest BCUT2D eigenvalue weighted by Crippen LogP contribution is 2.16. The standard InChI is InChI=1S/C14H19N3O2/c1-2-3-6-14(18)17-9-4-5-12(11-17)19-13-10-15-7-8-16-13/h2,7-8,10,12H,1,3-6,9,11H2. The van der Waals surface area contributed by atoms with Gasteiger partial charge in [0.15, 0.2) is 0 Å². The maximum absolute atomic E-state index is 11.9. The Morgan fingerprint density at radius 2 is 2.47 bits per heavy atom. The molecular formula is C14H19N3O2. The van der Waals surface area contributed by atoms with Crippen LogP contribution in [-0.2, 0) is 4.79 Å². The van der Waals surface area contributed by atoms with Crippen molar-refractivity contribution < 1.29 is 9.53 Å². The minimum atomic E-state index is 0.0122. The molecule has 5 nitrogen and oxygen atoms in total. The van der Waals surface area contributed by atoms with Crippen molar-refractivity contribution in [2.45, 2.75) is 31.8 Å². The first-order chi connectivity index (χ1) is 9.29. The van der Waals surface area contributed by atoms with E-state index in [0.29, 0.717) is 18.8 Å². The molecule has 0 spiro atoms. The van der Waals surface area contributed by atoms with Crippen molar-refractivity contribution in [2.75, 3.05) is 13.1 Å². The summed E-state index contributed by atoms with van der Waals surface area (Å²) >= 11 is 0. The van der Waals surface area contributed by atoms with Gasteiger partial charge in [0.05, 0.1) is 12.7 Å². The van der Waals surface area contributed by atoms with E-state index in [0.717, 1.165) is 25.8 Å². The Labute approximate surface area is 113 Å².